The maximum atomic E-state index is 14.2. The molecule has 0 bridgehead atoms. The number of hydrogen-bond donors (Lipinski definition) is 3. The minimum atomic E-state index is -0.411. The summed E-state index contributed by atoms with van der Waals surface area (Å²) in [4.78, 5) is 22.9. The highest BCUT2D eigenvalue weighted by molar-refractivity contribution is 6.14. The van der Waals surface area contributed by atoms with Crippen molar-refractivity contribution in [3.63, 3.8) is 0 Å². The summed E-state index contributed by atoms with van der Waals surface area (Å²) in [6.07, 6.45) is 5.36. The zero-order valence-electron chi connectivity index (χ0n) is 16.9. The standard InChI is InChI=1S/C21H21FN8O/c1-10-25-6-12(7-26-10)31-20-28-18-16(13-4-11(22)5-14(23)17(13)27-18)19(29-20)30-8-15(24)21(9-30)2-3-21/h4-7,15H,2-3,8-9,23-24H2,1H3,(H,27,28,29)/t15-/m0/s1. The summed E-state index contributed by atoms with van der Waals surface area (Å²) in [7, 11) is 0. The van der Waals surface area contributed by atoms with Crippen molar-refractivity contribution in [2.45, 2.75) is 25.8 Å². The second-order valence-corrected chi connectivity index (χ2v) is 8.51. The van der Waals surface area contributed by atoms with Gasteiger partial charge in [-0.3, -0.25) is 0 Å². The number of nitrogens with two attached hydrogens (primary N) is 2. The first-order valence-corrected chi connectivity index (χ1v) is 10.2. The van der Waals surface area contributed by atoms with Crippen LogP contribution in [0.5, 0.6) is 11.8 Å². The molecule has 1 spiro atoms. The van der Waals surface area contributed by atoms with E-state index in [1.54, 1.807) is 19.3 Å². The molecule has 5 N–H and O–H groups in total. The summed E-state index contributed by atoms with van der Waals surface area (Å²) in [6.45, 7) is 3.25. The third kappa shape index (κ3) is 2.86. The quantitative estimate of drug-likeness (QED) is 0.431. The Balaban J connectivity index is 1.54. The molecule has 6 rings (SSSR count). The third-order valence-electron chi connectivity index (χ3n) is 6.38. The zero-order chi connectivity index (χ0) is 21.3. The molecule has 1 aliphatic heterocycles. The second kappa shape index (κ2) is 6.24. The first kappa shape index (κ1) is 18.3. The van der Waals surface area contributed by atoms with Crippen LogP contribution in [0.4, 0.5) is 15.9 Å². The molecule has 10 heteroatoms. The number of H-pyrrole nitrogens is 1. The molecule has 2 aliphatic rings. The molecule has 1 aromatic carbocycles. The maximum absolute atomic E-state index is 14.2. The summed E-state index contributed by atoms with van der Waals surface area (Å²) >= 11 is 0. The van der Waals surface area contributed by atoms with Gasteiger partial charge < -0.3 is 26.1 Å². The van der Waals surface area contributed by atoms with Crippen molar-refractivity contribution in [3.05, 3.63) is 36.2 Å². The molecular weight excluding hydrogens is 399 g/mol. The number of aromatic nitrogens is 5. The molecular formula is C21H21FN8O. The SMILES string of the molecule is Cc1ncc(Oc2nc(N3C[C@H](N)C4(CC4)C3)c3c(n2)[nH]c2c(N)cc(F)cc23)cn1. The molecule has 1 saturated carbocycles. The van der Waals surface area contributed by atoms with E-state index in [1.165, 1.54) is 12.1 Å². The lowest BCUT2D eigenvalue weighted by Gasteiger charge is -2.19. The van der Waals surface area contributed by atoms with Gasteiger partial charge in [-0.1, -0.05) is 0 Å². The molecule has 2 fully saturated rings. The lowest BCUT2D eigenvalue weighted by atomic mass is 10.0. The van der Waals surface area contributed by atoms with E-state index in [9.17, 15) is 4.39 Å². The highest BCUT2D eigenvalue weighted by atomic mass is 19.1. The Morgan fingerprint density at radius 3 is 2.71 bits per heavy atom. The van der Waals surface area contributed by atoms with Gasteiger partial charge >= 0.3 is 6.01 Å². The Hall–Kier alpha value is -3.53. The number of benzene rings is 1. The van der Waals surface area contributed by atoms with E-state index in [2.05, 4.69) is 24.8 Å². The monoisotopic (exact) mass is 420 g/mol. The van der Waals surface area contributed by atoms with E-state index >= 15 is 0 Å². The second-order valence-electron chi connectivity index (χ2n) is 8.51. The molecule has 0 unspecified atom stereocenters. The van der Waals surface area contributed by atoms with E-state index in [4.69, 9.17) is 21.2 Å². The molecule has 4 heterocycles. The van der Waals surface area contributed by atoms with Gasteiger partial charge in [-0.2, -0.15) is 9.97 Å². The fourth-order valence-electron chi connectivity index (χ4n) is 4.51. The topological polar surface area (TPSA) is 132 Å². The van der Waals surface area contributed by atoms with Crippen molar-refractivity contribution in [1.29, 1.82) is 0 Å². The van der Waals surface area contributed by atoms with Crippen LogP contribution < -0.4 is 21.1 Å². The first-order chi connectivity index (χ1) is 14.9. The van der Waals surface area contributed by atoms with Crippen LogP contribution in [-0.2, 0) is 0 Å². The average Bonchev–Trinajstić information content (AvgIpc) is 3.31. The van der Waals surface area contributed by atoms with E-state index in [1.807, 2.05) is 0 Å². The lowest BCUT2D eigenvalue weighted by molar-refractivity contribution is 0.439. The van der Waals surface area contributed by atoms with Gasteiger partial charge in [0.05, 0.1) is 29.0 Å². The number of nitrogens with one attached hydrogen (secondary N) is 1. The summed E-state index contributed by atoms with van der Waals surface area (Å²) in [5.74, 6) is 1.31. The van der Waals surface area contributed by atoms with E-state index < -0.39 is 5.82 Å². The number of aromatic amines is 1. The average molecular weight is 420 g/mol. The van der Waals surface area contributed by atoms with Crippen molar-refractivity contribution < 1.29 is 9.13 Å². The minimum absolute atomic E-state index is 0.0689. The largest absolute Gasteiger partial charge is 0.421 e. The van der Waals surface area contributed by atoms with Gasteiger partial charge in [-0.15, -0.1) is 0 Å². The summed E-state index contributed by atoms with van der Waals surface area (Å²) in [6, 6.07) is 2.95. The van der Waals surface area contributed by atoms with Crippen LogP contribution in [-0.4, -0.2) is 44.1 Å². The Kier molecular flexibility index (Phi) is 3.67. The lowest BCUT2D eigenvalue weighted by Crippen LogP contribution is -2.30. The van der Waals surface area contributed by atoms with Crippen LogP contribution in [0.1, 0.15) is 18.7 Å². The number of aryl methyl sites for hydroxylation is 1. The summed E-state index contributed by atoms with van der Waals surface area (Å²) in [5.41, 5.74) is 14.1. The number of ether oxygens (including phenoxy) is 1. The van der Waals surface area contributed by atoms with Gasteiger partial charge in [0.2, 0.25) is 0 Å². The van der Waals surface area contributed by atoms with Gasteiger partial charge in [-0.25, -0.2) is 14.4 Å². The number of halogens is 1. The highest BCUT2D eigenvalue weighted by Crippen LogP contribution is 2.53. The van der Waals surface area contributed by atoms with Gasteiger partial charge in [0.25, 0.3) is 0 Å². The molecule has 0 amide bonds. The predicted molar refractivity (Wildman–Crippen MR) is 114 cm³/mol. The van der Waals surface area contributed by atoms with Crippen LogP contribution >= 0.6 is 0 Å². The van der Waals surface area contributed by atoms with E-state index in [-0.39, 0.29) is 17.5 Å². The smallest absolute Gasteiger partial charge is 0.326 e. The Morgan fingerprint density at radius 2 is 2.00 bits per heavy atom. The number of anilines is 2. The fraction of sp³-hybridized carbons (Fsp3) is 0.333. The van der Waals surface area contributed by atoms with Crippen molar-refractivity contribution >= 4 is 33.4 Å². The molecule has 3 aromatic heterocycles. The van der Waals surface area contributed by atoms with Crippen LogP contribution in [0.2, 0.25) is 0 Å². The van der Waals surface area contributed by atoms with Crippen LogP contribution in [0, 0.1) is 18.2 Å². The first-order valence-electron chi connectivity index (χ1n) is 10.2. The van der Waals surface area contributed by atoms with Crippen LogP contribution in [0.15, 0.2) is 24.5 Å². The molecule has 1 saturated heterocycles. The number of nitrogen functional groups attached to an aromatic ring is 1. The number of fused-ring (bicyclic) bond motifs is 3. The minimum Gasteiger partial charge on any atom is -0.421 e. The Morgan fingerprint density at radius 1 is 1.23 bits per heavy atom. The van der Waals surface area contributed by atoms with Gasteiger partial charge in [0, 0.05) is 29.9 Å². The summed E-state index contributed by atoms with van der Waals surface area (Å²) in [5, 5.41) is 1.34. The molecule has 158 valence electrons. The van der Waals surface area contributed by atoms with Gasteiger partial charge in [0.15, 0.2) is 5.75 Å². The van der Waals surface area contributed by atoms with E-state index in [0.717, 1.165) is 19.4 Å². The number of rotatable bonds is 3. The van der Waals surface area contributed by atoms with Crippen LogP contribution in [0.3, 0.4) is 0 Å². The maximum Gasteiger partial charge on any atom is 0.326 e. The normalized spacial score (nSPS) is 19.6. The molecule has 9 nitrogen and oxygen atoms in total. The van der Waals surface area contributed by atoms with Crippen molar-refractivity contribution in [3.8, 4) is 11.8 Å². The van der Waals surface area contributed by atoms with Gasteiger partial charge in [0.1, 0.15) is 23.1 Å². The Labute approximate surface area is 176 Å². The molecule has 1 atom stereocenters. The van der Waals surface area contributed by atoms with E-state index in [0.29, 0.717) is 51.6 Å². The number of nitrogens with zero attached hydrogens (tertiary/aromatic N) is 5. The summed E-state index contributed by atoms with van der Waals surface area (Å²) < 4.78 is 20.1. The third-order valence-corrected chi connectivity index (χ3v) is 6.38. The zero-order valence-corrected chi connectivity index (χ0v) is 16.9. The predicted octanol–water partition coefficient (Wildman–Crippen LogP) is 2.65. The Bertz CT molecular complexity index is 1330. The molecule has 1 aliphatic carbocycles. The molecule has 4 aromatic rings. The van der Waals surface area contributed by atoms with Crippen LogP contribution in [0.25, 0.3) is 21.9 Å². The van der Waals surface area contributed by atoms with Gasteiger partial charge in [-0.05, 0) is 31.9 Å². The fourth-order valence-corrected chi connectivity index (χ4v) is 4.51. The number of hydrogen-bond acceptors (Lipinski definition) is 8. The molecule has 0 radical (unpaired) electrons. The van der Waals surface area contributed by atoms with Crippen molar-refractivity contribution in [2.75, 3.05) is 23.7 Å². The van der Waals surface area contributed by atoms with Crippen molar-refractivity contribution in [1.82, 2.24) is 24.9 Å². The van der Waals surface area contributed by atoms with Crippen molar-refractivity contribution in [2.24, 2.45) is 11.1 Å². The highest BCUT2D eigenvalue weighted by Gasteiger charge is 2.54. The molecule has 31 heavy (non-hydrogen) atoms.